The monoisotopic (exact) mass is 128 g/mol. The zero-order valence-corrected chi connectivity index (χ0v) is 5.38. The molecule has 1 rings (SSSR count). The van der Waals surface area contributed by atoms with Crippen molar-refractivity contribution in [2.75, 3.05) is 0 Å². The molecule has 0 aromatic carbocycles. The van der Waals surface area contributed by atoms with Crippen molar-refractivity contribution in [3.05, 3.63) is 11.5 Å². The first-order valence-corrected chi connectivity index (χ1v) is 2.70. The maximum Gasteiger partial charge on any atom is 0.297 e. The topological polar surface area (TPSA) is 35.5 Å². The molecule has 0 bridgehead atoms. The van der Waals surface area contributed by atoms with Gasteiger partial charge < -0.3 is 9.47 Å². The van der Waals surface area contributed by atoms with Crippen molar-refractivity contribution in [3.8, 4) is 0 Å². The molecule has 0 radical (unpaired) electrons. The van der Waals surface area contributed by atoms with Gasteiger partial charge in [0, 0.05) is 0 Å². The molecule has 0 aliphatic carbocycles. The van der Waals surface area contributed by atoms with Crippen LogP contribution in [0.15, 0.2) is 11.5 Å². The molecule has 0 fully saturated rings. The lowest BCUT2D eigenvalue weighted by atomic mass is 10.5. The van der Waals surface area contributed by atoms with Gasteiger partial charge in [0.25, 0.3) is 6.29 Å². The number of ether oxygens (including phenoxy) is 2. The van der Waals surface area contributed by atoms with Crippen molar-refractivity contribution < 1.29 is 14.3 Å². The summed E-state index contributed by atoms with van der Waals surface area (Å²) in [5.74, 6) is 1.37. The Morgan fingerprint density at radius 2 is 1.78 bits per heavy atom. The van der Waals surface area contributed by atoms with Crippen molar-refractivity contribution >= 4 is 6.29 Å². The molecule has 0 spiro atoms. The zero-order valence-electron chi connectivity index (χ0n) is 5.38. The van der Waals surface area contributed by atoms with E-state index < -0.39 is 6.29 Å². The number of carbonyl (C=O) groups is 1. The van der Waals surface area contributed by atoms with Crippen LogP contribution in [0.4, 0.5) is 0 Å². The van der Waals surface area contributed by atoms with Gasteiger partial charge in [-0.15, -0.1) is 0 Å². The Morgan fingerprint density at radius 1 is 1.33 bits per heavy atom. The summed E-state index contributed by atoms with van der Waals surface area (Å²) in [5, 5.41) is 0. The summed E-state index contributed by atoms with van der Waals surface area (Å²) < 4.78 is 9.82. The second-order valence-electron chi connectivity index (χ2n) is 1.85. The third kappa shape index (κ3) is 1.04. The summed E-state index contributed by atoms with van der Waals surface area (Å²) in [5.41, 5.74) is 0. The lowest BCUT2D eigenvalue weighted by Crippen LogP contribution is -2.09. The van der Waals surface area contributed by atoms with E-state index in [0.717, 1.165) is 0 Å². The standard InChI is InChI=1S/C6H8O3/c1-4-5(2)9-6(3-7)8-4/h3,6H,1-2H3. The summed E-state index contributed by atoms with van der Waals surface area (Å²) in [6.45, 7) is 3.53. The van der Waals surface area contributed by atoms with Gasteiger partial charge in [-0.1, -0.05) is 0 Å². The third-order valence-electron chi connectivity index (χ3n) is 1.19. The highest BCUT2D eigenvalue weighted by Gasteiger charge is 2.19. The predicted molar refractivity (Wildman–Crippen MR) is 30.4 cm³/mol. The van der Waals surface area contributed by atoms with Crippen molar-refractivity contribution in [2.45, 2.75) is 20.1 Å². The van der Waals surface area contributed by atoms with Crippen molar-refractivity contribution in [3.63, 3.8) is 0 Å². The normalized spacial score (nSPS) is 19.3. The maximum atomic E-state index is 10.0. The Balaban J connectivity index is 2.58. The van der Waals surface area contributed by atoms with Crippen LogP contribution in [0.3, 0.4) is 0 Å². The summed E-state index contributed by atoms with van der Waals surface area (Å²) in [6, 6.07) is 0. The Bertz CT molecular complexity index is 146. The molecular weight excluding hydrogens is 120 g/mol. The fourth-order valence-electron chi connectivity index (χ4n) is 0.594. The van der Waals surface area contributed by atoms with Gasteiger partial charge in [0.15, 0.2) is 0 Å². The largest absolute Gasteiger partial charge is 0.449 e. The van der Waals surface area contributed by atoms with Gasteiger partial charge in [-0.2, -0.15) is 0 Å². The first-order valence-electron chi connectivity index (χ1n) is 2.70. The average molecular weight is 128 g/mol. The van der Waals surface area contributed by atoms with E-state index in [0.29, 0.717) is 17.8 Å². The van der Waals surface area contributed by atoms with Gasteiger partial charge in [-0.3, -0.25) is 4.79 Å². The molecule has 0 amide bonds. The lowest BCUT2D eigenvalue weighted by molar-refractivity contribution is -0.130. The van der Waals surface area contributed by atoms with Crippen LogP contribution in [-0.2, 0) is 14.3 Å². The van der Waals surface area contributed by atoms with Gasteiger partial charge in [0.2, 0.25) is 6.29 Å². The fourth-order valence-corrected chi connectivity index (χ4v) is 0.594. The van der Waals surface area contributed by atoms with Gasteiger partial charge in [-0.05, 0) is 13.8 Å². The molecule has 1 aliphatic rings. The van der Waals surface area contributed by atoms with E-state index in [9.17, 15) is 4.79 Å². The van der Waals surface area contributed by atoms with Crippen LogP contribution in [0.2, 0.25) is 0 Å². The minimum absolute atomic E-state index is 0.625. The van der Waals surface area contributed by atoms with E-state index in [1.165, 1.54) is 0 Å². The minimum atomic E-state index is -0.704. The second-order valence-corrected chi connectivity index (χ2v) is 1.85. The molecular formula is C6H8O3. The molecule has 0 saturated heterocycles. The zero-order chi connectivity index (χ0) is 6.85. The van der Waals surface area contributed by atoms with Crippen molar-refractivity contribution in [2.24, 2.45) is 0 Å². The van der Waals surface area contributed by atoms with Gasteiger partial charge in [-0.25, -0.2) is 0 Å². The van der Waals surface area contributed by atoms with Crippen LogP contribution < -0.4 is 0 Å². The number of rotatable bonds is 1. The second kappa shape index (κ2) is 2.09. The van der Waals surface area contributed by atoms with Gasteiger partial charge in [0.05, 0.1) is 0 Å². The van der Waals surface area contributed by atoms with E-state index in [1.54, 1.807) is 13.8 Å². The molecule has 0 aromatic rings. The van der Waals surface area contributed by atoms with Crippen LogP contribution in [0, 0.1) is 0 Å². The summed E-state index contributed by atoms with van der Waals surface area (Å²) in [7, 11) is 0. The van der Waals surface area contributed by atoms with Crippen molar-refractivity contribution in [1.82, 2.24) is 0 Å². The Morgan fingerprint density at radius 3 is 2.00 bits per heavy atom. The van der Waals surface area contributed by atoms with E-state index in [-0.39, 0.29) is 0 Å². The highest BCUT2D eigenvalue weighted by Crippen LogP contribution is 2.18. The summed E-state index contributed by atoms with van der Waals surface area (Å²) in [6.07, 6.45) is -0.0787. The molecule has 0 aromatic heterocycles. The van der Waals surface area contributed by atoms with E-state index in [2.05, 4.69) is 0 Å². The number of allylic oxidation sites excluding steroid dienone is 2. The predicted octanol–water partition coefficient (Wildman–Crippen LogP) is 0.810. The molecule has 3 nitrogen and oxygen atoms in total. The van der Waals surface area contributed by atoms with E-state index in [1.807, 2.05) is 0 Å². The van der Waals surface area contributed by atoms with Gasteiger partial charge in [0.1, 0.15) is 11.5 Å². The molecule has 3 heteroatoms. The van der Waals surface area contributed by atoms with Crippen LogP contribution in [0.5, 0.6) is 0 Å². The third-order valence-corrected chi connectivity index (χ3v) is 1.19. The fraction of sp³-hybridized carbons (Fsp3) is 0.500. The van der Waals surface area contributed by atoms with Crippen LogP contribution in [0.1, 0.15) is 13.8 Å². The highest BCUT2D eigenvalue weighted by molar-refractivity contribution is 5.55. The number of aldehydes is 1. The SMILES string of the molecule is CC1=C(C)OC(C=O)O1. The number of hydrogen-bond acceptors (Lipinski definition) is 3. The molecule has 0 N–H and O–H groups in total. The number of carbonyl (C=O) groups excluding carboxylic acids is 1. The molecule has 1 aliphatic heterocycles. The van der Waals surface area contributed by atoms with Crippen LogP contribution in [-0.4, -0.2) is 12.6 Å². The quantitative estimate of drug-likeness (QED) is 0.490. The first kappa shape index (κ1) is 6.13. The molecule has 0 unspecified atom stereocenters. The smallest absolute Gasteiger partial charge is 0.297 e. The Labute approximate surface area is 53.3 Å². The Kier molecular flexibility index (Phi) is 1.42. The Hall–Kier alpha value is -0.990. The number of hydrogen-bond donors (Lipinski definition) is 0. The molecule has 0 saturated carbocycles. The molecule has 9 heavy (non-hydrogen) atoms. The molecule has 0 atom stereocenters. The van der Waals surface area contributed by atoms with E-state index in [4.69, 9.17) is 9.47 Å². The minimum Gasteiger partial charge on any atom is -0.449 e. The van der Waals surface area contributed by atoms with Crippen LogP contribution in [0.25, 0.3) is 0 Å². The van der Waals surface area contributed by atoms with Crippen LogP contribution >= 0.6 is 0 Å². The summed E-state index contributed by atoms with van der Waals surface area (Å²) >= 11 is 0. The average Bonchev–Trinajstić information content (AvgIpc) is 2.13. The van der Waals surface area contributed by atoms with E-state index >= 15 is 0 Å². The molecule has 1 heterocycles. The molecule has 50 valence electrons. The first-order chi connectivity index (χ1) is 4.24. The van der Waals surface area contributed by atoms with Crippen molar-refractivity contribution in [1.29, 1.82) is 0 Å². The lowest BCUT2D eigenvalue weighted by Gasteiger charge is -2.00. The van der Waals surface area contributed by atoms with Gasteiger partial charge >= 0.3 is 0 Å². The maximum absolute atomic E-state index is 10.0. The highest BCUT2D eigenvalue weighted by atomic mass is 16.7. The summed E-state index contributed by atoms with van der Waals surface area (Å²) in [4.78, 5) is 10.0.